The van der Waals surface area contributed by atoms with Gasteiger partial charge in [-0.2, -0.15) is 0 Å². The van der Waals surface area contributed by atoms with Crippen molar-refractivity contribution in [3.63, 3.8) is 0 Å². The van der Waals surface area contributed by atoms with Crippen LogP contribution in [-0.4, -0.2) is 73.7 Å². The van der Waals surface area contributed by atoms with Gasteiger partial charge in [0.1, 0.15) is 0 Å². The standard InChI is InChI=1S/2C13H20O5/c2*1-17-12(14)7-10(13(15)16)9-4-5-18-11(6-9)8-2-3-8/h2*8-11H,2-7H2,1H3,(H,15,16)/t9-,10+,11+;9-,10+,11-/m11/s1. The molecule has 4 rings (SSSR count). The molecule has 10 heteroatoms. The number of esters is 2. The lowest BCUT2D eigenvalue weighted by molar-refractivity contribution is -0.154. The molecule has 6 atom stereocenters. The molecule has 0 aromatic rings. The summed E-state index contributed by atoms with van der Waals surface area (Å²) in [5, 5.41) is 18.5. The number of carboxylic acids is 2. The van der Waals surface area contributed by atoms with Crippen LogP contribution < -0.4 is 0 Å². The molecule has 2 aliphatic carbocycles. The first-order valence-electron chi connectivity index (χ1n) is 13.1. The summed E-state index contributed by atoms with van der Waals surface area (Å²) in [6, 6.07) is 0. The van der Waals surface area contributed by atoms with E-state index in [1.165, 1.54) is 39.9 Å². The van der Waals surface area contributed by atoms with E-state index in [0.29, 0.717) is 25.0 Å². The largest absolute Gasteiger partial charge is 0.481 e. The minimum atomic E-state index is -0.901. The zero-order valence-corrected chi connectivity index (χ0v) is 21.3. The third-order valence-electron chi connectivity index (χ3n) is 8.01. The number of rotatable bonds is 10. The fraction of sp³-hybridized carbons (Fsp3) is 0.846. The van der Waals surface area contributed by atoms with Gasteiger partial charge in [0.15, 0.2) is 0 Å². The number of ether oxygens (including phenoxy) is 4. The molecule has 0 amide bonds. The third-order valence-corrected chi connectivity index (χ3v) is 8.01. The Morgan fingerprint density at radius 2 is 1.06 bits per heavy atom. The zero-order chi connectivity index (χ0) is 26.2. The van der Waals surface area contributed by atoms with Gasteiger partial charge in [0.25, 0.3) is 0 Å². The fourth-order valence-electron chi connectivity index (χ4n) is 5.47. The first-order chi connectivity index (χ1) is 17.2. The van der Waals surface area contributed by atoms with Crippen molar-refractivity contribution in [2.75, 3.05) is 27.4 Å². The van der Waals surface area contributed by atoms with Gasteiger partial charge in [0.2, 0.25) is 0 Å². The SMILES string of the molecule is COC(=O)C[C@H](C(=O)O)[C@@H]1CCO[C@@H](C2CC2)C1.COC(=O)C[C@H](C(=O)O)[C@@H]1CCO[C@H](C2CC2)C1. The predicted molar refractivity (Wildman–Crippen MR) is 126 cm³/mol. The molecule has 0 aromatic carbocycles. The predicted octanol–water partition coefficient (Wildman–Crippen LogP) is 2.91. The lowest BCUT2D eigenvalue weighted by atomic mass is 9.81. The maximum Gasteiger partial charge on any atom is 0.307 e. The Labute approximate surface area is 212 Å². The van der Waals surface area contributed by atoms with Crippen molar-refractivity contribution in [2.45, 2.75) is 76.4 Å². The number of methoxy groups -OCH3 is 2. The number of hydrogen-bond acceptors (Lipinski definition) is 8. The van der Waals surface area contributed by atoms with Gasteiger partial charge in [0.05, 0.1) is 51.1 Å². The molecule has 10 nitrogen and oxygen atoms in total. The summed E-state index contributed by atoms with van der Waals surface area (Å²) in [5.74, 6) is -2.69. The second-order valence-corrected chi connectivity index (χ2v) is 10.5. The Kier molecular flexibility index (Phi) is 10.5. The summed E-state index contributed by atoms with van der Waals surface area (Å²) in [4.78, 5) is 45.1. The molecule has 4 aliphatic rings. The fourth-order valence-corrected chi connectivity index (χ4v) is 5.47. The highest BCUT2D eigenvalue weighted by Crippen LogP contribution is 2.42. The van der Waals surface area contributed by atoms with Gasteiger partial charge in [0, 0.05) is 13.2 Å². The summed E-state index contributed by atoms with van der Waals surface area (Å²) in [6.45, 7) is 1.22. The van der Waals surface area contributed by atoms with Crippen molar-refractivity contribution in [1.82, 2.24) is 0 Å². The van der Waals surface area contributed by atoms with E-state index in [1.807, 2.05) is 0 Å². The van der Waals surface area contributed by atoms with Crippen LogP contribution in [0, 0.1) is 35.5 Å². The molecular weight excluding hydrogens is 472 g/mol. The van der Waals surface area contributed by atoms with Crippen molar-refractivity contribution >= 4 is 23.9 Å². The lowest BCUT2D eigenvalue weighted by Crippen LogP contribution is -2.35. The number of carboxylic acid groups (broad SMARTS) is 2. The number of carbonyl (C=O) groups excluding carboxylic acids is 2. The Morgan fingerprint density at radius 1 is 0.694 bits per heavy atom. The number of aliphatic carboxylic acids is 2. The summed E-state index contributed by atoms with van der Waals surface area (Å²) in [5.41, 5.74) is 0. The van der Waals surface area contributed by atoms with Crippen LogP contribution in [0.2, 0.25) is 0 Å². The third kappa shape index (κ3) is 8.44. The first-order valence-corrected chi connectivity index (χ1v) is 13.1. The van der Waals surface area contributed by atoms with E-state index in [2.05, 4.69) is 9.47 Å². The lowest BCUT2D eigenvalue weighted by Gasteiger charge is -2.32. The van der Waals surface area contributed by atoms with Crippen LogP contribution in [0.25, 0.3) is 0 Å². The molecular formula is C26H40O10. The van der Waals surface area contributed by atoms with Crippen LogP contribution in [0.15, 0.2) is 0 Å². The molecule has 2 aliphatic heterocycles. The quantitative estimate of drug-likeness (QED) is 0.419. The molecule has 2 saturated heterocycles. The van der Waals surface area contributed by atoms with Crippen molar-refractivity contribution in [3.05, 3.63) is 0 Å². The van der Waals surface area contributed by atoms with Gasteiger partial charge >= 0.3 is 23.9 Å². The minimum Gasteiger partial charge on any atom is -0.481 e. The van der Waals surface area contributed by atoms with Crippen LogP contribution in [0.5, 0.6) is 0 Å². The zero-order valence-electron chi connectivity index (χ0n) is 21.3. The van der Waals surface area contributed by atoms with E-state index in [1.54, 1.807) is 0 Å². The highest BCUT2D eigenvalue weighted by molar-refractivity contribution is 5.79. The molecule has 2 heterocycles. The number of hydrogen-bond donors (Lipinski definition) is 2. The molecule has 0 radical (unpaired) electrons. The summed E-state index contributed by atoms with van der Waals surface area (Å²) in [7, 11) is 2.58. The van der Waals surface area contributed by atoms with Crippen molar-refractivity contribution in [1.29, 1.82) is 0 Å². The summed E-state index contributed by atoms with van der Waals surface area (Å²) in [6.07, 6.45) is 8.04. The average Bonchev–Trinajstić information content (AvgIpc) is 3.78. The van der Waals surface area contributed by atoms with Crippen LogP contribution >= 0.6 is 0 Å². The molecule has 204 valence electrons. The maximum atomic E-state index is 11.3. The van der Waals surface area contributed by atoms with Crippen molar-refractivity contribution in [2.24, 2.45) is 35.5 Å². The van der Waals surface area contributed by atoms with E-state index < -0.39 is 35.7 Å². The molecule has 2 saturated carbocycles. The Bertz CT molecular complexity index is 711. The van der Waals surface area contributed by atoms with Crippen LogP contribution in [-0.2, 0) is 38.1 Å². The topological polar surface area (TPSA) is 146 Å². The maximum absolute atomic E-state index is 11.3. The van der Waals surface area contributed by atoms with Crippen LogP contribution in [0.1, 0.15) is 64.2 Å². The van der Waals surface area contributed by atoms with Crippen molar-refractivity contribution < 1.29 is 48.3 Å². The second-order valence-electron chi connectivity index (χ2n) is 10.5. The van der Waals surface area contributed by atoms with Gasteiger partial charge in [-0.25, -0.2) is 0 Å². The Morgan fingerprint density at radius 3 is 1.33 bits per heavy atom. The Balaban J connectivity index is 0.000000201. The molecule has 36 heavy (non-hydrogen) atoms. The molecule has 2 N–H and O–H groups in total. The summed E-state index contributed by atoms with van der Waals surface area (Å²) < 4.78 is 20.5. The summed E-state index contributed by atoms with van der Waals surface area (Å²) >= 11 is 0. The molecule has 0 spiro atoms. The number of carbonyl (C=O) groups is 4. The smallest absolute Gasteiger partial charge is 0.307 e. The average molecular weight is 513 g/mol. The molecule has 0 unspecified atom stereocenters. The molecule has 0 aromatic heterocycles. The van der Waals surface area contributed by atoms with Crippen LogP contribution in [0.4, 0.5) is 0 Å². The van der Waals surface area contributed by atoms with E-state index in [0.717, 1.165) is 25.7 Å². The van der Waals surface area contributed by atoms with Gasteiger partial charge in [-0.1, -0.05) is 0 Å². The monoisotopic (exact) mass is 512 g/mol. The highest BCUT2D eigenvalue weighted by Gasteiger charge is 2.41. The normalized spacial score (nSPS) is 29.6. The van der Waals surface area contributed by atoms with E-state index in [9.17, 15) is 29.4 Å². The van der Waals surface area contributed by atoms with Gasteiger partial charge in [-0.05, 0) is 75.0 Å². The minimum absolute atomic E-state index is 0.0287. The van der Waals surface area contributed by atoms with Crippen molar-refractivity contribution in [3.8, 4) is 0 Å². The van der Waals surface area contributed by atoms with E-state index >= 15 is 0 Å². The van der Waals surface area contributed by atoms with Gasteiger partial charge in [-0.3, -0.25) is 19.2 Å². The van der Waals surface area contributed by atoms with Gasteiger partial charge in [-0.15, -0.1) is 0 Å². The van der Waals surface area contributed by atoms with E-state index in [4.69, 9.17) is 9.47 Å². The highest BCUT2D eigenvalue weighted by atomic mass is 16.5. The Hall–Kier alpha value is -2.20. The van der Waals surface area contributed by atoms with Gasteiger partial charge < -0.3 is 29.2 Å². The molecule has 4 fully saturated rings. The first kappa shape index (κ1) is 28.4. The molecule has 0 bridgehead atoms. The van der Waals surface area contributed by atoms with Crippen LogP contribution in [0.3, 0.4) is 0 Å². The second kappa shape index (κ2) is 13.4. The van der Waals surface area contributed by atoms with E-state index in [-0.39, 0.29) is 36.9 Å².